The average molecular weight is 338 g/mol. The Morgan fingerprint density at radius 1 is 0.577 bits per heavy atom. The van der Waals surface area contributed by atoms with Crippen LogP contribution in [-0.2, 0) is 0 Å². The molecule has 2 nitrogen and oxygen atoms in total. The zero-order chi connectivity index (χ0) is 17.6. The molecule has 1 aliphatic carbocycles. The zero-order valence-electron chi connectivity index (χ0n) is 14.7. The quantitative estimate of drug-likeness (QED) is 0.538. The highest BCUT2D eigenvalue weighted by Gasteiger charge is 2.02. The summed E-state index contributed by atoms with van der Waals surface area (Å²) < 4.78 is 0. The molecule has 0 radical (unpaired) electrons. The van der Waals surface area contributed by atoms with Gasteiger partial charge in [-0.25, -0.2) is 0 Å². The minimum Gasteiger partial charge on any atom is -0.359 e. The summed E-state index contributed by atoms with van der Waals surface area (Å²) in [5.74, 6) is 0. The number of benzene rings is 3. The molecular formula is C24H22N2. The Labute approximate surface area is 154 Å². The summed E-state index contributed by atoms with van der Waals surface area (Å²) >= 11 is 0. The van der Waals surface area contributed by atoms with Crippen molar-refractivity contribution >= 4 is 17.1 Å². The van der Waals surface area contributed by atoms with Gasteiger partial charge >= 0.3 is 0 Å². The third kappa shape index (κ3) is 4.04. The first-order valence-electron chi connectivity index (χ1n) is 9.02. The van der Waals surface area contributed by atoms with E-state index in [4.69, 9.17) is 0 Å². The van der Waals surface area contributed by atoms with Crippen LogP contribution >= 0.6 is 0 Å². The van der Waals surface area contributed by atoms with Crippen LogP contribution in [0.1, 0.15) is 12.8 Å². The van der Waals surface area contributed by atoms with Crippen LogP contribution in [0.5, 0.6) is 0 Å². The second kappa shape index (κ2) is 7.75. The summed E-state index contributed by atoms with van der Waals surface area (Å²) in [5, 5.41) is 6.91. The standard InChI is InChI=1S/C24H22N2/c1-3-7-21(8-4-1)25-23-15-11-19(12-16-23)20-13-17-24(18-14-20)26-22-9-5-2-6-10-22/h1-5,7-9,11-18,25-26H,6,10H2. The molecule has 3 aromatic carbocycles. The van der Waals surface area contributed by atoms with Crippen LogP contribution in [0.2, 0.25) is 0 Å². The van der Waals surface area contributed by atoms with E-state index in [1.807, 2.05) is 18.2 Å². The molecule has 0 unspecified atom stereocenters. The Hall–Kier alpha value is -3.26. The van der Waals surface area contributed by atoms with Gasteiger partial charge in [0.1, 0.15) is 0 Å². The number of anilines is 3. The van der Waals surface area contributed by atoms with Crippen LogP contribution < -0.4 is 10.6 Å². The van der Waals surface area contributed by atoms with Crippen molar-refractivity contribution in [2.75, 3.05) is 10.6 Å². The molecule has 0 atom stereocenters. The summed E-state index contributed by atoms with van der Waals surface area (Å²) in [6, 6.07) is 27.4. The Morgan fingerprint density at radius 2 is 1.15 bits per heavy atom. The first-order chi connectivity index (χ1) is 12.9. The average Bonchev–Trinajstić information content (AvgIpc) is 2.71. The van der Waals surface area contributed by atoms with Crippen molar-refractivity contribution < 1.29 is 0 Å². The second-order valence-corrected chi connectivity index (χ2v) is 6.43. The number of nitrogens with one attached hydrogen (secondary N) is 2. The van der Waals surface area contributed by atoms with Crippen molar-refractivity contribution in [3.63, 3.8) is 0 Å². The molecule has 0 saturated heterocycles. The first-order valence-corrected chi connectivity index (χ1v) is 9.02. The molecule has 3 aromatic rings. The van der Waals surface area contributed by atoms with Crippen molar-refractivity contribution in [2.45, 2.75) is 12.8 Å². The lowest BCUT2D eigenvalue weighted by Crippen LogP contribution is -2.00. The largest absolute Gasteiger partial charge is 0.359 e. The highest BCUT2D eigenvalue weighted by molar-refractivity contribution is 5.70. The molecule has 0 spiro atoms. The van der Waals surface area contributed by atoms with Gasteiger partial charge < -0.3 is 10.6 Å². The molecule has 2 heteroatoms. The van der Waals surface area contributed by atoms with Gasteiger partial charge in [0, 0.05) is 22.8 Å². The Balaban J connectivity index is 1.44. The molecule has 0 amide bonds. The normalized spacial score (nSPS) is 13.2. The minimum atomic E-state index is 1.08. The van der Waals surface area contributed by atoms with E-state index in [2.05, 4.69) is 89.5 Å². The van der Waals surface area contributed by atoms with E-state index in [1.54, 1.807) is 0 Å². The number of hydrogen-bond acceptors (Lipinski definition) is 2. The Bertz CT molecular complexity index is 905. The van der Waals surface area contributed by atoms with Crippen LogP contribution in [0.25, 0.3) is 11.1 Å². The van der Waals surface area contributed by atoms with Gasteiger partial charge in [0.05, 0.1) is 0 Å². The van der Waals surface area contributed by atoms with Crippen LogP contribution in [0.15, 0.2) is 103 Å². The lowest BCUT2D eigenvalue weighted by Gasteiger charge is -2.13. The molecule has 128 valence electrons. The lowest BCUT2D eigenvalue weighted by molar-refractivity contribution is 0.967. The first kappa shape index (κ1) is 16.2. The highest BCUT2D eigenvalue weighted by Crippen LogP contribution is 2.25. The maximum atomic E-state index is 3.50. The predicted octanol–water partition coefficient (Wildman–Crippen LogP) is 6.74. The van der Waals surface area contributed by atoms with Crippen molar-refractivity contribution in [1.82, 2.24) is 0 Å². The van der Waals surface area contributed by atoms with Crippen LogP contribution in [0, 0.1) is 0 Å². The molecule has 0 heterocycles. The Morgan fingerprint density at radius 3 is 1.73 bits per heavy atom. The van der Waals surface area contributed by atoms with Gasteiger partial charge in [-0.1, -0.05) is 54.6 Å². The molecule has 0 aliphatic heterocycles. The van der Waals surface area contributed by atoms with Gasteiger partial charge in [0.2, 0.25) is 0 Å². The third-order valence-electron chi connectivity index (χ3n) is 4.48. The van der Waals surface area contributed by atoms with Crippen LogP contribution in [0.4, 0.5) is 17.1 Å². The lowest BCUT2D eigenvalue weighted by atomic mass is 10.0. The summed E-state index contributed by atoms with van der Waals surface area (Å²) in [4.78, 5) is 0. The van der Waals surface area contributed by atoms with Crippen molar-refractivity contribution in [3.8, 4) is 11.1 Å². The van der Waals surface area contributed by atoms with Gasteiger partial charge in [-0.3, -0.25) is 0 Å². The molecule has 0 bridgehead atoms. The maximum Gasteiger partial charge on any atom is 0.0384 e. The smallest absolute Gasteiger partial charge is 0.0384 e. The van der Waals surface area contributed by atoms with Crippen LogP contribution in [-0.4, -0.2) is 0 Å². The molecular weight excluding hydrogens is 316 g/mol. The van der Waals surface area contributed by atoms with Gasteiger partial charge in [0.25, 0.3) is 0 Å². The van der Waals surface area contributed by atoms with Crippen LogP contribution in [0.3, 0.4) is 0 Å². The molecule has 0 aromatic heterocycles. The van der Waals surface area contributed by atoms with Crippen molar-refractivity contribution in [2.24, 2.45) is 0 Å². The van der Waals surface area contributed by atoms with Crippen molar-refractivity contribution in [3.05, 3.63) is 103 Å². The number of hydrogen-bond donors (Lipinski definition) is 2. The zero-order valence-corrected chi connectivity index (χ0v) is 14.7. The van der Waals surface area contributed by atoms with E-state index in [0.29, 0.717) is 0 Å². The second-order valence-electron chi connectivity index (χ2n) is 6.43. The summed E-state index contributed by atoms with van der Waals surface area (Å²) in [5.41, 5.74) is 7.04. The molecule has 26 heavy (non-hydrogen) atoms. The topological polar surface area (TPSA) is 24.1 Å². The van der Waals surface area contributed by atoms with Crippen molar-refractivity contribution in [1.29, 1.82) is 0 Å². The molecule has 2 N–H and O–H groups in total. The van der Waals surface area contributed by atoms with E-state index < -0.39 is 0 Å². The molecule has 4 rings (SSSR count). The predicted molar refractivity (Wildman–Crippen MR) is 112 cm³/mol. The number of para-hydroxylation sites is 1. The van der Waals surface area contributed by atoms with Gasteiger partial charge in [-0.15, -0.1) is 0 Å². The monoisotopic (exact) mass is 338 g/mol. The maximum absolute atomic E-state index is 3.50. The number of rotatable bonds is 5. The highest BCUT2D eigenvalue weighted by atomic mass is 14.9. The van der Waals surface area contributed by atoms with Gasteiger partial charge in [0.15, 0.2) is 0 Å². The fourth-order valence-corrected chi connectivity index (χ4v) is 3.07. The molecule has 1 aliphatic rings. The summed E-state index contributed by atoms with van der Waals surface area (Å²) in [6.07, 6.45) is 8.65. The van der Waals surface area contributed by atoms with Gasteiger partial charge in [-0.05, 0) is 66.4 Å². The van der Waals surface area contributed by atoms with E-state index in [0.717, 1.165) is 29.9 Å². The molecule has 0 fully saturated rings. The van der Waals surface area contributed by atoms with E-state index in [9.17, 15) is 0 Å². The Kier molecular flexibility index (Phi) is 4.83. The molecule has 0 saturated carbocycles. The third-order valence-corrected chi connectivity index (χ3v) is 4.48. The number of allylic oxidation sites excluding steroid dienone is 4. The summed E-state index contributed by atoms with van der Waals surface area (Å²) in [6.45, 7) is 0. The minimum absolute atomic E-state index is 1.08. The van der Waals surface area contributed by atoms with E-state index >= 15 is 0 Å². The SMILES string of the molecule is C1=CCCC(Nc2ccc(-c3ccc(Nc4ccccc4)cc3)cc2)=C1. The van der Waals surface area contributed by atoms with E-state index in [-0.39, 0.29) is 0 Å². The van der Waals surface area contributed by atoms with Gasteiger partial charge in [-0.2, -0.15) is 0 Å². The fraction of sp³-hybridized carbons (Fsp3) is 0.0833. The summed E-state index contributed by atoms with van der Waals surface area (Å²) in [7, 11) is 0. The fourth-order valence-electron chi connectivity index (χ4n) is 3.07. The van der Waals surface area contributed by atoms with E-state index in [1.165, 1.54) is 16.8 Å².